The molecule has 0 bridgehead atoms. The fourth-order valence-electron chi connectivity index (χ4n) is 2.35. The van der Waals surface area contributed by atoms with Crippen LogP contribution in [0, 0.1) is 18.6 Å². The molecule has 1 N–H and O–H groups in total. The van der Waals surface area contributed by atoms with Gasteiger partial charge < -0.3 is 4.98 Å². The van der Waals surface area contributed by atoms with Gasteiger partial charge in [0.05, 0.1) is 16.7 Å². The second-order valence-corrected chi connectivity index (χ2v) is 5.93. The highest BCUT2D eigenvalue weighted by atomic mass is 79.9. The molecular formula is C15H13BrN2S. The van der Waals surface area contributed by atoms with E-state index in [9.17, 15) is 0 Å². The number of imidazole rings is 1. The zero-order valence-electron chi connectivity index (χ0n) is 10.7. The predicted molar refractivity (Wildman–Crippen MR) is 85.6 cm³/mol. The Balaban J connectivity index is 2.46. The topological polar surface area (TPSA) is 20.7 Å². The summed E-state index contributed by atoms with van der Waals surface area (Å²) in [6, 6.07) is 12.5. The number of para-hydroxylation sites is 1. The largest absolute Gasteiger partial charge is 0.330 e. The Morgan fingerprint density at radius 2 is 1.95 bits per heavy atom. The molecule has 0 saturated carbocycles. The summed E-state index contributed by atoms with van der Waals surface area (Å²) in [5, 5.41) is 0. The number of nitrogens with zero attached hydrogens (tertiary/aromatic N) is 1. The molecule has 2 nitrogen and oxygen atoms in total. The molecule has 3 aromatic rings. The van der Waals surface area contributed by atoms with Gasteiger partial charge >= 0.3 is 0 Å². The number of halogens is 1. The van der Waals surface area contributed by atoms with E-state index in [0.717, 1.165) is 26.0 Å². The van der Waals surface area contributed by atoms with Gasteiger partial charge in [-0.3, -0.25) is 4.57 Å². The van der Waals surface area contributed by atoms with Crippen LogP contribution in [0.2, 0.25) is 0 Å². The molecule has 0 aliphatic carbocycles. The minimum atomic E-state index is 0.718. The van der Waals surface area contributed by atoms with Crippen LogP contribution >= 0.6 is 28.1 Å². The first-order valence-electron chi connectivity index (χ1n) is 6.05. The van der Waals surface area contributed by atoms with Gasteiger partial charge in [-0.15, -0.1) is 0 Å². The van der Waals surface area contributed by atoms with Crippen molar-refractivity contribution in [2.24, 2.45) is 0 Å². The number of rotatable bonds is 1. The van der Waals surface area contributed by atoms with E-state index in [-0.39, 0.29) is 0 Å². The van der Waals surface area contributed by atoms with E-state index in [4.69, 9.17) is 12.2 Å². The molecule has 0 unspecified atom stereocenters. The third kappa shape index (κ3) is 2.05. The highest BCUT2D eigenvalue weighted by molar-refractivity contribution is 9.10. The molecule has 0 aliphatic heterocycles. The summed E-state index contributed by atoms with van der Waals surface area (Å²) in [6.45, 7) is 4.19. The van der Waals surface area contributed by atoms with Crippen molar-refractivity contribution in [3.05, 3.63) is 56.8 Å². The number of nitrogens with one attached hydrogen (secondary N) is 1. The van der Waals surface area contributed by atoms with Crippen molar-refractivity contribution in [1.29, 1.82) is 0 Å². The van der Waals surface area contributed by atoms with E-state index in [1.807, 2.05) is 6.07 Å². The number of benzene rings is 2. The van der Waals surface area contributed by atoms with Crippen molar-refractivity contribution in [2.75, 3.05) is 0 Å². The second kappa shape index (κ2) is 4.62. The van der Waals surface area contributed by atoms with Gasteiger partial charge in [0, 0.05) is 4.47 Å². The molecule has 2 aromatic carbocycles. The van der Waals surface area contributed by atoms with Gasteiger partial charge in [-0.1, -0.05) is 18.2 Å². The molecule has 96 valence electrons. The summed E-state index contributed by atoms with van der Waals surface area (Å²) in [6.07, 6.45) is 0. The van der Waals surface area contributed by atoms with Crippen LogP contribution in [0.5, 0.6) is 0 Å². The van der Waals surface area contributed by atoms with E-state index in [2.05, 4.69) is 69.7 Å². The second-order valence-electron chi connectivity index (χ2n) is 4.69. The molecule has 0 saturated heterocycles. The standard InChI is InChI=1S/C15H13BrN2S/c1-9-6-7-11(16)13(8-9)18-14-10(2)4-3-5-12(14)17-15(18)19/h3-8H,1-2H3,(H,17,19). The Kier molecular flexibility index (Phi) is 3.07. The lowest BCUT2D eigenvalue weighted by atomic mass is 10.2. The average molecular weight is 333 g/mol. The van der Waals surface area contributed by atoms with Gasteiger partial charge in [-0.25, -0.2) is 0 Å². The van der Waals surface area contributed by atoms with Crippen molar-refractivity contribution in [3.63, 3.8) is 0 Å². The van der Waals surface area contributed by atoms with Gasteiger partial charge in [0.15, 0.2) is 4.77 Å². The highest BCUT2D eigenvalue weighted by Gasteiger charge is 2.11. The van der Waals surface area contributed by atoms with Gasteiger partial charge in [0.1, 0.15) is 0 Å². The quantitative estimate of drug-likeness (QED) is 0.617. The third-order valence-corrected chi connectivity index (χ3v) is 4.20. The summed E-state index contributed by atoms with van der Waals surface area (Å²) in [5.74, 6) is 0. The van der Waals surface area contributed by atoms with Crippen LogP contribution in [-0.2, 0) is 0 Å². The van der Waals surface area contributed by atoms with Crippen molar-refractivity contribution >= 4 is 39.2 Å². The molecule has 1 heterocycles. The minimum absolute atomic E-state index is 0.718. The van der Waals surface area contributed by atoms with E-state index in [1.165, 1.54) is 11.1 Å². The number of hydrogen-bond donors (Lipinski definition) is 1. The SMILES string of the molecule is Cc1ccc(Br)c(-n2c(=S)[nH]c3cccc(C)c32)c1. The first-order valence-corrected chi connectivity index (χ1v) is 7.25. The van der Waals surface area contributed by atoms with Gasteiger partial charge in [0.2, 0.25) is 0 Å². The lowest BCUT2D eigenvalue weighted by Crippen LogP contribution is -1.97. The molecule has 0 amide bonds. The van der Waals surface area contributed by atoms with E-state index in [0.29, 0.717) is 0 Å². The molecule has 0 aliphatic rings. The van der Waals surface area contributed by atoms with Crippen molar-refractivity contribution in [3.8, 4) is 5.69 Å². The van der Waals surface area contributed by atoms with Crippen LogP contribution in [0.1, 0.15) is 11.1 Å². The highest BCUT2D eigenvalue weighted by Crippen LogP contribution is 2.28. The number of H-pyrrole nitrogens is 1. The van der Waals surface area contributed by atoms with Crippen LogP contribution in [0.25, 0.3) is 16.7 Å². The van der Waals surface area contributed by atoms with Gasteiger partial charge in [0.25, 0.3) is 0 Å². The summed E-state index contributed by atoms with van der Waals surface area (Å²) in [7, 11) is 0. The minimum Gasteiger partial charge on any atom is -0.330 e. The van der Waals surface area contributed by atoms with Crippen molar-refractivity contribution in [1.82, 2.24) is 9.55 Å². The van der Waals surface area contributed by atoms with Crippen LogP contribution in [0.4, 0.5) is 0 Å². The molecule has 1 aromatic heterocycles. The van der Waals surface area contributed by atoms with Gasteiger partial charge in [-0.2, -0.15) is 0 Å². The fourth-order valence-corrected chi connectivity index (χ4v) is 3.08. The number of aryl methyl sites for hydroxylation is 2. The molecule has 0 atom stereocenters. The molecule has 0 spiro atoms. The number of fused-ring (bicyclic) bond motifs is 1. The van der Waals surface area contributed by atoms with Gasteiger partial charge in [-0.05, 0) is 71.3 Å². The molecule has 3 rings (SSSR count). The smallest absolute Gasteiger partial charge is 0.182 e. The summed E-state index contributed by atoms with van der Waals surface area (Å²) >= 11 is 9.10. The zero-order valence-corrected chi connectivity index (χ0v) is 13.1. The number of hydrogen-bond acceptors (Lipinski definition) is 1. The average Bonchev–Trinajstić information content (AvgIpc) is 2.70. The monoisotopic (exact) mass is 332 g/mol. The maximum Gasteiger partial charge on any atom is 0.182 e. The Morgan fingerprint density at radius 1 is 1.16 bits per heavy atom. The maximum absolute atomic E-state index is 5.48. The van der Waals surface area contributed by atoms with E-state index >= 15 is 0 Å². The summed E-state index contributed by atoms with van der Waals surface area (Å²) in [4.78, 5) is 3.27. The number of aromatic nitrogens is 2. The number of aromatic amines is 1. The fraction of sp³-hybridized carbons (Fsp3) is 0.133. The molecule has 4 heteroatoms. The Labute approximate surface area is 125 Å². The molecular weight excluding hydrogens is 320 g/mol. The van der Waals surface area contributed by atoms with Crippen LogP contribution in [0.15, 0.2) is 40.9 Å². The Bertz CT molecular complexity index is 830. The van der Waals surface area contributed by atoms with Crippen LogP contribution in [0.3, 0.4) is 0 Å². The molecule has 19 heavy (non-hydrogen) atoms. The van der Waals surface area contributed by atoms with Crippen molar-refractivity contribution < 1.29 is 0 Å². The van der Waals surface area contributed by atoms with Crippen LogP contribution in [-0.4, -0.2) is 9.55 Å². The molecule has 0 fully saturated rings. The zero-order chi connectivity index (χ0) is 13.6. The molecule has 0 radical (unpaired) electrons. The summed E-state index contributed by atoms with van der Waals surface area (Å²) < 4.78 is 3.85. The normalized spacial score (nSPS) is 11.1. The lowest BCUT2D eigenvalue weighted by molar-refractivity contribution is 1.05. The summed E-state index contributed by atoms with van der Waals surface area (Å²) in [5.41, 5.74) is 5.70. The first kappa shape index (κ1) is 12.6. The lowest BCUT2D eigenvalue weighted by Gasteiger charge is -2.09. The Hall–Kier alpha value is -1.39. The van der Waals surface area contributed by atoms with E-state index < -0.39 is 0 Å². The third-order valence-electron chi connectivity index (χ3n) is 3.25. The Morgan fingerprint density at radius 3 is 2.74 bits per heavy atom. The van der Waals surface area contributed by atoms with Crippen LogP contribution < -0.4 is 0 Å². The van der Waals surface area contributed by atoms with Crippen molar-refractivity contribution in [2.45, 2.75) is 13.8 Å². The maximum atomic E-state index is 5.48. The predicted octanol–water partition coefficient (Wildman–Crippen LogP) is 5.07. The van der Waals surface area contributed by atoms with E-state index in [1.54, 1.807) is 0 Å². The first-order chi connectivity index (χ1) is 9.08.